The molecule has 3 heterocycles. The average Bonchev–Trinajstić information content (AvgIpc) is 3.45. The van der Waals surface area contributed by atoms with E-state index in [4.69, 9.17) is 21.1 Å². The Morgan fingerprint density at radius 2 is 1.83 bits per heavy atom. The highest BCUT2D eigenvalue weighted by Crippen LogP contribution is 2.34. The van der Waals surface area contributed by atoms with E-state index in [2.05, 4.69) is 25.6 Å². The molecule has 0 unspecified atom stereocenters. The lowest BCUT2D eigenvalue weighted by atomic mass is 10.2. The minimum atomic E-state index is -0.398. The molecule has 0 saturated heterocycles. The van der Waals surface area contributed by atoms with Crippen LogP contribution >= 0.6 is 23.4 Å². The summed E-state index contributed by atoms with van der Waals surface area (Å²) in [4.78, 5) is 22.2. The summed E-state index contributed by atoms with van der Waals surface area (Å²) in [7, 11) is 0. The van der Waals surface area contributed by atoms with Crippen molar-refractivity contribution in [2.45, 2.75) is 31.7 Å². The second-order valence-corrected chi connectivity index (χ2v) is 9.32. The summed E-state index contributed by atoms with van der Waals surface area (Å²) in [6, 6.07) is 12.7. The first-order chi connectivity index (χ1) is 16.9. The fourth-order valence-corrected chi connectivity index (χ4v) is 4.70. The molecule has 1 aliphatic rings. The first-order valence-corrected chi connectivity index (χ1v) is 12.1. The summed E-state index contributed by atoms with van der Waals surface area (Å²) in [5.74, 6) is 1.18. The van der Waals surface area contributed by atoms with E-state index in [0.717, 1.165) is 17.0 Å². The van der Waals surface area contributed by atoms with Gasteiger partial charge in [0.05, 0.1) is 11.4 Å². The van der Waals surface area contributed by atoms with E-state index in [1.54, 1.807) is 28.9 Å². The largest absolute Gasteiger partial charge is 0.454 e. The van der Waals surface area contributed by atoms with Gasteiger partial charge in [0.15, 0.2) is 22.3 Å². The second-order valence-electron chi connectivity index (χ2n) is 7.97. The van der Waals surface area contributed by atoms with E-state index >= 15 is 0 Å². The molecule has 1 N–H and O–H groups in total. The van der Waals surface area contributed by atoms with Crippen molar-refractivity contribution in [2.24, 2.45) is 0 Å². The van der Waals surface area contributed by atoms with E-state index < -0.39 is 5.91 Å². The number of amides is 1. The van der Waals surface area contributed by atoms with Crippen LogP contribution in [-0.2, 0) is 5.75 Å². The first-order valence-electron chi connectivity index (χ1n) is 10.7. The number of hydrogen-bond acceptors (Lipinski definition) is 8. The topological polar surface area (TPSA) is 104 Å². The minimum absolute atomic E-state index is 0.155. The number of thioether (sulfide) groups is 1. The molecule has 0 bridgehead atoms. The molecule has 2 aromatic heterocycles. The average molecular weight is 509 g/mol. The van der Waals surface area contributed by atoms with Gasteiger partial charge in [0.2, 0.25) is 6.79 Å². The maximum atomic E-state index is 13.3. The molecule has 4 aromatic rings. The number of aryl methyl sites for hydroxylation is 3. The van der Waals surface area contributed by atoms with Crippen molar-refractivity contribution >= 4 is 35.0 Å². The van der Waals surface area contributed by atoms with Gasteiger partial charge < -0.3 is 14.8 Å². The van der Waals surface area contributed by atoms with Crippen LogP contribution in [0.3, 0.4) is 0 Å². The van der Waals surface area contributed by atoms with E-state index in [0.29, 0.717) is 44.5 Å². The molecule has 0 fully saturated rings. The molecule has 35 heavy (non-hydrogen) atoms. The Hall–Kier alpha value is -3.63. The molecule has 1 aliphatic heterocycles. The molecule has 0 atom stereocenters. The third-order valence-electron chi connectivity index (χ3n) is 5.31. The normalized spacial score (nSPS) is 12.1. The fraction of sp³-hybridized carbons (Fsp3) is 0.208. The molecule has 0 saturated carbocycles. The van der Waals surface area contributed by atoms with Crippen molar-refractivity contribution in [3.63, 3.8) is 0 Å². The number of nitrogens with one attached hydrogen (secondary N) is 1. The predicted octanol–water partition coefficient (Wildman–Crippen LogP) is 4.91. The summed E-state index contributed by atoms with van der Waals surface area (Å²) in [5.41, 5.74) is 4.73. The Labute approximate surface area is 210 Å². The van der Waals surface area contributed by atoms with Gasteiger partial charge in [-0.3, -0.25) is 4.79 Å². The number of anilines is 1. The van der Waals surface area contributed by atoms with Crippen molar-refractivity contribution in [1.82, 2.24) is 25.0 Å². The van der Waals surface area contributed by atoms with Crippen molar-refractivity contribution in [2.75, 3.05) is 12.1 Å². The van der Waals surface area contributed by atoms with Crippen LogP contribution in [0.15, 0.2) is 47.6 Å². The van der Waals surface area contributed by atoms with Crippen LogP contribution in [0.2, 0.25) is 5.02 Å². The lowest BCUT2D eigenvalue weighted by Crippen LogP contribution is -2.15. The number of carbonyl (C=O) groups excluding carboxylic acids is 1. The minimum Gasteiger partial charge on any atom is -0.454 e. The van der Waals surface area contributed by atoms with Gasteiger partial charge in [-0.05, 0) is 56.7 Å². The maximum Gasteiger partial charge on any atom is 0.278 e. The van der Waals surface area contributed by atoms with Gasteiger partial charge in [-0.25, -0.2) is 14.6 Å². The van der Waals surface area contributed by atoms with Crippen LogP contribution in [0.1, 0.15) is 33.1 Å². The van der Waals surface area contributed by atoms with Gasteiger partial charge in [0.25, 0.3) is 5.91 Å². The zero-order chi connectivity index (χ0) is 24.5. The summed E-state index contributed by atoms with van der Waals surface area (Å²) < 4.78 is 12.4. The SMILES string of the molecule is Cc1cc(C)nc(SCc2c(C(=O)Nc3ccc4c(c3)OCO4)nnn2-c2ccc(C)c(Cl)c2)n1. The fourth-order valence-electron chi connectivity index (χ4n) is 3.58. The lowest BCUT2D eigenvalue weighted by Gasteiger charge is -2.10. The number of rotatable bonds is 6. The van der Waals surface area contributed by atoms with E-state index in [1.807, 2.05) is 39.0 Å². The van der Waals surface area contributed by atoms with Gasteiger partial charge in [0.1, 0.15) is 0 Å². The van der Waals surface area contributed by atoms with Crippen LogP contribution < -0.4 is 14.8 Å². The summed E-state index contributed by atoms with van der Waals surface area (Å²) in [6.07, 6.45) is 0. The summed E-state index contributed by atoms with van der Waals surface area (Å²) >= 11 is 7.76. The third kappa shape index (κ3) is 4.94. The molecule has 0 aliphatic carbocycles. The van der Waals surface area contributed by atoms with E-state index in [-0.39, 0.29) is 12.5 Å². The van der Waals surface area contributed by atoms with Gasteiger partial charge >= 0.3 is 0 Å². The van der Waals surface area contributed by atoms with Crippen LogP contribution in [0.4, 0.5) is 5.69 Å². The van der Waals surface area contributed by atoms with Crippen LogP contribution in [0, 0.1) is 20.8 Å². The number of fused-ring (bicyclic) bond motifs is 1. The van der Waals surface area contributed by atoms with Crippen LogP contribution in [-0.4, -0.2) is 37.7 Å². The third-order valence-corrected chi connectivity index (χ3v) is 6.57. The molecular formula is C24H21ClN6O3S. The van der Waals surface area contributed by atoms with Crippen molar-refractivity contribution < 1.29 is 14.3 Å². The van der Waals surface area contributed by atoms with Gasteiger partial charge in [-0.2, -0.15) is 0 Å². The molecule has 2 aromatic carbocycles. The zero-order valence-corrected chi connectivity index (χ0v) is 20.8. The lowest BCUT2D eigenvalue weighted by molar-refractivity contribution is 0.102. The number of nitrogens with zero attached hydrogens (tertiary/aromatic N) is 5. The number of hydrogen-bond donors (Lipinski definition) is 1. The van der Waals surface area contributed by atoms with Crippen molar-refractivity contribution in [3.05, 3.63) is 75.8 Å². The Bertz CT molecular complexity index is 1420. The van der Waals surface area contributed by atoms with Crippen LogP contribution in [0.25, 0.3) is 5.69 Å². The number of carbonyl (C=O) groups is 1. The Morgan fingerprint density at radius 1 is 1.06 bits per heavy atom. The van der Waals surface area contributed by atoms with E-state index in [1.165, 1.54) is 11.8 Å². The highest BCUT2D eigenvalue weighted by atomic mass is 35.5. The molecule has 11 heteroatoms. The molecule has 5 rings (SSSR count). The predicted molar refractivity (Wildman–Crippen MR) is 133 cm³/mol. The Morgan fingerprint density at radius 3 is 2.60 bits per heavy atom. The zero-order valence-electron chi connectivity index (χ0n) is 19.2. The quantitative estimate of drug-likeness (QED) is 0.289. The van der Waals surface area contributed by atoms with Crippen molar-refractivity contribution in [1.29, 1.82) is 0 Å². The number of halogens is 1. The Kier molecular flexibility index (Phi) is 6.31. The Balaban J connectivity index is 1.47. The number of ether oxygens (including phenoxy) is 2. The molecular weight excluding hydrogens is 488 g/mol. The second kappa shape index (κ2) is 9.55. The standard InChI is InChI=1S/C24H21ClN6O3S/c1-13-4-6-17(10-18(13)25)31-19(11-35-24-26-14(2)8-15(3)27-24)22(29-30-31)23(32)28-16-5-7-20-21(9-16)34-12-33-20/h4-10H,11-12H2,1-3H3,(H,28,32). The number of benzene rings is 2. The summed E-state index contributed by atoms with van der Waals surface area (Å²) in [5, 5.41) is 12.6. The summed E-state index contributed by atoms with van der Waals surface area (Å²) in [6.45, 7) is 5.92. The molecule has 0 spiro atoms. The van der Waals surface area contributed by atoms with Gasteiger partial charge in [0, 0.05) is 33.9 Å². The molecule has 0 radical (unpaired) electrons. The van der Waals surface area contributed by atoms with Crippen molar-refractivity contribution in [3.8, 4) is 17.2 Å². The number of aromatic nitrogens is 5. The first kappa shape index (κ1) is 23.1. The monoisotopic (exact) mass is 508 g/mol. The maximum absolute atomic E-state index is 13.3. The van der Waals surface area contributed by atoms with Crippen LogP contribution in [0.5, 0.6) is 11.5 Å². The van der Waals surface area contributed by atoms with E-state index in [9.17, 15) is 4.79 Å². The molecule has 178 valence electrons. The highest BCUT2D eigenvalue weighted by Gasteiger charge is 2.23. The molecule has 1 amide bonds. The highest BCUT2D eigenvalue weighted by molar-refractivity contribution is 7.98. The van der Waals surface area contributed by atoms with Gasteiger partial charge in [-0.15, -0.1) is 5.10 Å². The molecule has 9 nitrogen and oxygen atoms in total. The smallest absolute Gasteiger partial charge is 0.278 e. The van der Waals surface area contributed by atoms with Gasteiger partial charge in [-0.1, -0.05) is 34.6 Å².